The van der Waals surface area contributed by atoms with E-state index in [4.69, 9.17) is 0 Å². The lowest BCUT2D eigenvalue weighted by molar-refractivity contribution is 0.642. The van der Waals surface area contributed by atoms with Gasteiger partial charge >= 0.3 is 0 Å². The molecule has 2 heterocycles. The summed E-state index contributed by atoms with van der Waals surface area (Å²) in [6.45, 7) is 0. The summed E-state index contributed by atoms with van der Waals surface area (Å²) in [4.78, 5) is 0. The minimum Gasteiger partial charge on any atom is -0.237 e. The highest BCUT2D eigenvalue weighted by molar-refractivity contribution is 9.10. The van der Waals surface area contributed by atoms with E-state index in [1.807, 2.05) is 30.3 Å². The zero-order valence-electron chi connectivity index (χ0n) is 8.77. The average molecular weight is 291 g/mol. The largest absolute Gasteiger partial charge is 0.237 e. The summed E-state index contributed by atoms with van der Waals surface area (Å²) in [7, 11) is 0. The van der Waals surface area contributed by atoms with E-state index < -0.39 is 0 Å². The molecule has 0 atom stereocenters. The molecule has 1 aromatic carbocycles. The molecule has 0 aliphatic heterocycles. The highest BCUT2D eigenvalue weighted by Crippen LogP contribution is 2.25. The highest BCUT2D eigenvalue weighted by atomic mass is 79.9. The van der Waals surface area contributed by atoms with Crippen molar-refractivity contribution in [2.45, 2.75) is 0 Å². The molecule has 0 saturated carbocycles. The third-order valence-electron chi connectivity index (χ3n) is 2.60. The lowest BCUT2D eigenvalue weighted by Gasteiger charge is -1.96. The number of rotatable bonds is 1. The molecule has 2 nitrogen and oxygen atoms in total. The molecule has 0 N–H and O–H groups in total. The Balaban J connectivity index is 2.24. The molecule has 17 heavy (non-hydrogen) atoms. The molecule has 0 aliphatic carbocycles. The minimum absolute atomic E-state index is 0.284. The van der Waals surface area contributed by atoms with E-state index in [2.05, 4.69) is 21.0 Å². The van der Waals surface area contributed by atoms with Crippen LogP contribution in [0.2, 0.25) is 0 Å². The second kappa shape index (κ2) is 3.96. The van der Waals surface area contributed by atoms with Crippen LogP contribution in [0.4, 0.5) is 4.39 Å². The molecule has 0 saturated heterocycles. The standard InChI is InChI=1S/C13H8BrFN2/c14-10-6-4-9(5-7-10)13-12(15)11-3-1-2-8-17(11)16-13/h1-8H. The van der Waals surface area contributed by atoms with Gasteiger partial charge in [0, 0.05) is 16.2 Å². The Kier molecular flexibility index (Phi) is 2.44. The molecule has 3 rings (SSSR count). The first kappa shape index (κ1) is 10.5. The first-order valence-electron chi connectivity index (χ1n) is 5.14. The van der Waals surface area contributed by atoms with Crippen molar-refractivity contribution in [3.05, 3.63) is 59.0 Å². The van der Waals surface area contributed by atoms with Gasteiger partial charge in [-0.3, -0.25) is 0 Å². The zero-order chi connectivity index (χ0) is 11.8. The van der Waals surface area contributed by atoms with E-state index in [1.165, 1.54) is 0 Å². The molecule has 0 spiro atoms. The van der Waals surface area contributed by atoms with Gasteiger partial charge in [-0.25, -0.2) is 8.91 Å². The van der Waals surface area contributed by atoms with Crippen molar-refractivity contribution in [1.82, 2.24) is 9.61 Å². The van der Waals surface area contributed by atoms with Crippen LogP contribution in [0, 0.1) is 5.82 Å². The van der Waals surface area contributed by atoms with Gasteiger partial charge in [-0.1, -0.05) is 34.1 Å². The third-order valence-corrected chi connectivity index (χ3v) is 3.13. The van der Waals surface area contributed by atoms with Gasteiger partial charge in [-0.15, -0.1) is 0 Å². The third kappa shape index (κ3) is 1.74. The number of fused-ring (bicyclic) bond motifs is 1. The Bertz CT molecular complexity index is 673. The Morgan fingerprint density at radius 3 is 2.53 bits per heavy atom. The quantitative estimate of drug-likeness (QED) is 0.664. The maximum atomic E-state index is 14.1. The predicted molar refractivity (Wildman–Crippen MR) is 68.3 cm³/mol. The van der Waals surface area contributed by atoms with Crippen LogP contribution in [0.1, 0.15) is 0 Å². The summed E-state index contributed by atoms with van der Waals surface area (Å²) in [5, 5.41) is 4.24. The van der Waals surface area contributed by atoms with Crippen LogP contribution >= 0.6 is 15.9 Å². The van der Waals surface area contributed by atoms with E-state index in [-0.39, 0.29) is 5.82 Å². The summed E-state index contributed by atoms with van der Waals surface area (Å²) in [5.74, 6) is -0.284. The SMILES string of the molecule is Fc1c(-c2ccc(Br)cc2)nn2ccccc12. The summed E-state index contributed by atoms with van der Waals surface area (Å²) in [6, 6.07) is 12.8. The van der Waals surface area contributed by atoms with E-state index in [0.717, 1.165) is 10.0 Å². The summed E-state index contributed by atoms with van der Waals surface area (Å²) in [5.41, 5.74) is 1.64. The van der Waals surface area contributed by atoms with Gasteiger partial charge in [0.25, 0.3) is 0 Å². The zero-order valence-corrected chi connectivity index (χ0v) is 10.4. The van der Waals surface area contributed by atoms with Crippen LogP contribution in [0.15, 0.2) is 53.1 Å². The summed E-state index contributed by atoms with van der Waals surface area (Å²) in [6.07, 6.45) is 1.74. The second-order valence-electron chi connectivity index (χ2n) is 3.70. The Morgan fingerprint density at radius 1 is 1.06 bits per heavy atom. The highest BCUT2D eigenvalue weighted by Gasteiger charge is 2.13. The average Bonchev–Trinajstić information content (AvgIpc) is 2.69. The van der Waals surface area contributed by atoms with Gasteiger partial charge in [-0.2, -0.15) is 5.10 Å². The number of pyridine rings is 1. The van der Waals surface area contributed by atoms with Gasteiger partial charge in [0.2, 0.25) is 0 Å². The van der Waals surface area contributed by atoms with Gasteiger partial charge in [0.05, 0.1) is 0 Å². The van der Waals surface area contributed by atoms with Crippen molar-refractivity contribution in [2.24, 2.45) is 0 Å². The molecule has 0 aliphatic rings. The van der Waals surface area contributed by atoms with Crippen LogP contribution in [0.5, 0.6) is 0 Å². The van der Waals surface area contributed by atoms with Crippen LogP contribution < -0.4 is 0 Å². The molecule has 84 valence electrons. The number of benzene rings is 1. The van der Waals surface area contributed by atoms with Crippen molar-refractivity contribution in [1.29, 1.82) is 0 Å². The molecule has 3 aromatic rings. The first-order valence-corrected chi connectivity index (χ1v) is 5.94. The lowest BCUT2D eigenvalue weighted by atomic mass is 10.1. The molecule has 0 radical (unpaired) electrons. The maximum Gasteiger partial charge on any atom is 0.176 e. The van der Waals surface area contributed by atoms with Gasteiger partial charge in [0.1, 0.15) is 11.2 Å². The number of nitrogens with zero attached hydrogens (tertiary/aromatic N) is 2. The second-order valence-corrected chi connectivity index (χ2v) is 4.62. The summed E-state index contributed by atoms with van der Waals surface area (Å²) >= 11 is 3.35. The molecule has 0 bridgehead atoms. The normalized spacial score (nSPS) is 10.9. The molecular weight excluding hydrogens is 283 g/mol. The smallest absolute Gasteiger partial charge is 0.176 e. The first-order chi connectivity index (χ1) is 8.25. The van der Waals surface area contributed by atoms with Crippen LogP contribution in [-0.2, 0) is 0 Å². The minimum atomic E-state index is -0.284. The van der Waals surface area contributed by atoms with Crippen molar-refractivity contribution >= 4 is 21.4 Å². The Hall–Kier alpha value is -1.68. The Labute approximate surface area is 106 Å². The predicted octanol–water partition coefficient (Wildman–Crippen LogP) is 3.90. The van der Waals surface area contributed by atoms with Gasteiger partial charge in [-0.05, 0) is 24.3 Å². The maximum absolute atomic E-state index is 14.1. The van der Waals surface area contributed by atoms with E-state index in [0.29, 0.717) is 11.2 Å². The fourth-order valence-electron chi connectivity index (χ4n) is 1.76. The van der Waals surface area contributed by atoms with E-state index in [9.17, 15) is 4.39 Å². The fourth-order valence-corrected chi connectivity index (χ4v) is 2.03. The topological polar surface area (TPSA) is 17.3 Å². The summed E-state index contributed by atoms with van der Waals surface area (Å²) < 4.78 is 16.6. The van der Waals surface area contributed by atoms with Crippen molar-refractivity contribution in [2.75, 3.05) is 0 Å². The molecule has 0 amide bonds. The van der Waals surface area contributed by atoms with E-state index in [1.54, 1.807) is 22.8 Å². The molecule has 4 heteroatoms. The monoisotopic (exact) mass is 290 g/mol. The molecule has 2 aromatic heterocycles. The number of halogens is 2. The van der Waals surface area contributed by atoms with Crippen LogP contribution in [-0.4, -0.2) is 9.61 Å². The lowest BCUT2D eigenvalue weighted by Crippen LogP contribution is -1.84. The van der Waals surface area contributed by atoms with Crippen LogP contribution in [0.25, 0.3) is 16.8 Å². The van der Waals surface area contributed by atoms with Gasteiger partial charge in [0.15, 0.2) is 5.82 Å². The molecular formula is C13H8BrFN2. The van der Waals surface area contributed by atoms with Crippen molar-refractivity contribution < 1.29 is 4.39 Å². The fraction of sp³-hybridized carbons (Fsp3) is 0. The molecule has 0 unspecified atom stereocenters. The van der Waals surface area contributed by atoms with Crippen molar-refractivity contribution in [3.63, 3.8) is 0 Å². The number of hydrogen-bond donors (Lipinski definition) is 0. The van der Waals surface area contributed by atoms with E-state index >= 15 is 0 Å². The molecule has 0 fully saturated rings. The number of aromatic nitrogens is 2. The number of hydrogen-bond acceptors (Lipinski definition) is 1. The van der Waals surface area contributed by atoms with Crippen molar-refractivity contribution in [3.8, 4) is 11.3 Å². The van der Waals surface area contributed by atoms with Crippen LogP contribution in [0.3, 0.4) is 0 Å². The van der Waals surface area contributed by atoms with Gasteiger partial charge < -0.3 is 0 Å². The Morgan fingerprint density at radius 2 is 1.82 bits per heavy atom.